The molecule has 0 aliphatic heterocycles. The summed E-state index contributed by atoms with van der Waals surface area (Å²) in [6.07, 6.45) is 0. The summed E-state index contributed by atoms with van der Waals surface area (Å²) in [7, 11) is 0. The molecule has 1 unspecified atom stereocenters. The fourth-order valence-electron chi connectivity index (χ4n) is 1.18. The third kappa shape index (κ3) is 2.88. The van der Waals surface area contributed by atoms with Crippen molar-refractivity contribution in [3.63, 3.8) is 0 Å². The number of alkyl halides is 2. The maximum absolute atomic E-state index is 12.0. The predicted molar refractivity (Wildman–Crippen MR) is 53.5 cm³/mol. The van der Waals surface area contributed by atoms with E-state index < -0.39 is 23.0 Å². The van der Waals surface area contributed by atoms with Gasteiger partial charge in [0.15, 0.2) is 0 Å². The summed E-state index contributed by atoms with van der Waals surface area (Å²) in [6, 6.07) is 3.82. The van der Waals surface area contributed by atoms with Crippen LogP contribution in [0.3, 0.4) is 0 Å². The fraction of sp³-hybridized carbons (Fsp3) is 0.300. The van der Waals surface area contributed by atoms with Crippen LogP contribution in [0.15, 0.2) is 18.2 Å². The first kappa shape index (κ1) is 12.4. The van der Waals surface area contributed by atoms with E-state index in [1.165, 1.54) is 12.1 Å². The minimum atomic E-state index is -3.08. The summed E-state index contributed by atoms with van der Waals surface area (Å²) < 4.78 is 28.0. The zero-order valence-electron chi connectivity index (χ0n) is 8.52. The molecule has 1 aromatic rings. The van der Waals surface area contributed by atoms with E-state index in [1.807, 2.05) is 0 Å². The minimum Gasteiger partial charge on any atom is -0.427 e. The Hall–Kier alpha value is -1.72. The lowest BCUT2D eigenvalue weighted by Crippen LogP contribution is -2.05. The van der Waals surface area contributed by atoms with Crippen molar-refractivity contribution >= 4 is 5.69 Å². The molecule has 0 heterocycles. The lowest BCUT2D eigenvalue weighted by atomic mass is 10.0. The standard InChI is InChI=1S/C10H10F2NO3/c1-6(2)7-3-4-9(16-10(11)12)8(5-7)13(14)15/h3-6,10H,1H2,2H3. The zero-order chi connectivity index (χ0) is 12.3. The van der Waals surface area contributed by atoms with E-state index in [2.05, 4.69) is 11.7 Å². The van der Waals surface area contributed by atoms with Gasteiger partial charge in [-0.25, -0.2) is 0 Å². The fourth-order valence-corrected chi connectivity index (χ4v) is 1.18. The molecule has 0 amide bonds. The van der Waals surface area contributed by atoms with Crippen molar-refractivity contribution in [2.24, 2.45) is 0 Å². The molecular weight excluding hydrogens is 220 g/mol. The number of hydrogen-bond acceptors (Lipinski definition) is 3. The van der Waals surface area contributed by atoms with Gasteiger partial charge in [-0.15, -0.1) is 0 Å². The van der Waals surface area contributed by atoms with E-state index in [0.717, 1.165) is 6.07 Å². The first-order valence-corrected chi connectivity index (χ1v) is 4.48. The zero-order valence-corrected chi connectivity index (χ0v) is 8.52. The van der Waals surface area contributed by atoms with Crippen LogP contribution in [-0.4, -0.2) is 11.5 Å². The quantitative estimate of drug-likeness (QED) is 0.589. The SMILES string of the molecule is [CH2]C(C)c1ccc(OC(F)F)c([N+](=O)[O-])c1. The van der Waals surface area contributed by atoms with Crippen molar-refractivity contribution in [2.75, 3.05) is 0 Å². The van der Waals surface area contributed by atoms with E-state index in [0.29, 0.717) is 5.56 Å². The van der Waals surface area contributed by atoms with E-state index >= 15 is 0 Å². The number of nitro benzene ring substituents is 1. The highest BCUT2D eigenvalue weighted by Gasteiger charge is 2.19. The van der Waals surface area contributed by atoms with Crippen LogP contribution >= 0.6 is 0 Å². The van der Waals surface area contributed by atoms with Gasteiger partial charge in [0.25, 0.3) is 0 Å². The van der Waals surface area contributed by atoms with Gasteiger partial charge < -0.3 is 4.74 Å². The molecule has 1 rings (SSSR count). The molecular formula is C10H10F2NO3. The maximum Gasteiger partial charge on any atom is 0.387 e. The van der Waals surface area contributed by atoms with E-state index in [9.17, 15) is 18.9 Å². The van der Waals surface area contributed by atoms with Crippen LogP contribution in [0.4, 0.5) is 14.5 Å². The van der Waals surface area contributed by atoms with Crippen LogP contribution in [0.5, 0.6) is 5.75 Å². The average Bonchev–Trinajstić information content (AvgIpc) is 2.16. The molecule has 0 fully saturated rings. The molecule has 6 heteroatoms. The molecule has 1 radical (unpaired) electrons. The molecule has 1 atom stereocenters. The molecule has 1 aromatic carbocycles. The van der Waals surface area contributed by atoms with Gasteiger partial charge in [-0.1, -0.05) is 13.0 Å². The number of halogens is 2. The topological polar surface area (TPSA) is 52.4 Å². The molecule has 0 spiro atoms. The summed E-state index contributed by atoms with van der Waals surface area (Å²) in [5, 5.41) is 10.6. The Morgan fingerprint density at radius 2 is 2.12 bits per heavy atom. The summed E-state index contributed by atoms with van der Waals surface area (Å²) in [6.45, 7) is 2.35. The molecule has 4 nitrogen and oxygen atoms in total. The molecule has 87 valence electrons. The highest BCUT2D eigenvalue weighted by molar-refractivity contribution is 5.49. The first-order valence-electron chi connectivity index (χ1n) is 4.48. The third-order valence-corrected chi connectivity index (χ3v) is 1.96. The maximum atomic E-state index is 12.0. The second-order valence-electron chi connectivity index (χ2n) is 3.26. The van der Waals surface area contributed by atoms with Gasteiger partial charge in [-0.3, -0.25) is 10.1 Å². The Morgan fingerprint density at radius 3 is 2.56 bits per heavy atom. The van der Waals surface area contributed by atoms with Crippen molar-refractivity contribution in [2.45, 2.75) is 19.5 Å². The van der Waals surface area contributed by atoms with Gasteiger partial charge in [0.2, 0.25) is 5.75 Å². The number of nitrogens with zero attached hydrogens (tertiary/aromatic N) is 1. The minimum absolute atomic E-state index is 0.167. The average molecular weight is 230 g/mol. The monoisotopic (exact) mass is 230 g/mol. The Morgan fingerprint density at radius 1 is 1.50 bits per heavy atom. The second-order valence-corrected chi connectivity index (χ2v) is 3.26. The molecule has 16 heavy (non-hydrogen) atoms. The Kier molecular flexibility index (Phi) is 3.76. The Labute approximate surface area is 91.0 Å². The van der Waals surface area contributed by atoms with Crippen LogP contribution in [0.25, 0.3) is 0 Å². The number of rotatable bonds is 4. The third-order valence-electron chi connectivity index (χ3n) is 1.96. The lowest BCUT2D eigenvalue weighted by Gasteiger charge is -2.08. The van der Waals surface area contributed by atoms with Gasteiger partial charge in [-0.2, -0.15) is 8.78 Å². The van der Waals surface area contributed by atoms with Crippen molar-refractivity contribution in [3.05, 3.63) is 40.8 Å². The molecule has 0 N–H and O–H groups in total. The van der Waals surface area contributed by atoms with Crippen molar-refractivity contribution in [1.29, 1.82) is 0 Å². The van der Waals surface area contributed by atoms with E-state index in [4.69, 9.17) is 0 Å². The lowest BCUT2D eigenvalue weighted by molar-refractivity contribution is -0.386. The van der Waals surface area contributed by atoms with E-state index in [-0.39, 0.29) is 5.92 Å². The van der Waals surface area contributed by atoms with Crippen LogP contribution < -0.4 is 4.74 Å². The molecule has 0 aromatic heterocycles. The number of ether oxygens (including phenoxy) is 1. The molecule has 0 saturated heterocycles. The van der Waals surface area contributed by atoms with Crippen LogP contribution in [0.1, 0.15) is 18.4 Å². The van der Waals surface area contributed by atoms with E-state index in [1.54, 1.807) is 6.92 Å². The molecule has 0 aliphatic carbocycles. The highest BCUT2D eigenvalue weighted by Crippen LogP contribution is 2.31. The second kappa shape index (κ2) is 4.87. The summed E-state index contributed by atoms with van der Waals surface area (Å²) in [4.78, 5) is 9.88. The van der Waals surface area contributed by atoms with Gasteiger partial charge in [0.05, 0.1) is 4.92 Å². The predicted octanol–water partition coefficient (Wildman–Crippen LogP) is 3.13. The van der Waals surface area contributed by atoms with Crippen LogP contribution in [-0.2, 0) is 0 Å². The Balaban J connectivity index is 3.14. The van der Waals surface area contributed by atoms with Gasteiger partial charge in [0, 0.05) is 6.07 Å². The summed E-state index contributed by atoms with van der Waals surface area (Å²) in [5.41, 5.74) is 0.113. The normalized spacial score (nSPS) is 10.9. The van der Waals surface area contributed by atoms with Gasteiger partial charge in [0.1, 0.15) is 0 Å². The van der Waals surface area contributed by atoms with Gasteiger partial charge >= 0.3 is 12.3 Å². The van der Waals surface area contributed by atoms with Gasteiger partial charge in [-0.05, 0) is 24.5 Å². The van der Waals surface area contributed by atoms with Crippen LogP contribution in [0, 0.1) is 17.0 Å². The molecule has 0 saturated carbocycles. The summed E-state index contributed by atoms with van der Waals surface area (Å²) in [5.74, 6) is -0.608. The van der Waals surface area contributed by atoms with Crippen LogP contribution in [0.2, 0.25) is 0 Å². The van der Waals surface area contributed by atoms with Crippen molar-refractivity contribution in [3.8, 4) is 5.75 Å². The molecule has 0 bridgehead atoms. The summed E-state index contributed by atoms with van der Waals surface area (Å²) >= 11 is 0. The number of hydrogen-bond donors (Lipinski definition) is 0. The first-order chi connectivity index (χ1) is 7.41. The smallest absolute Gasteiger partial charge is 0.387 e. The van der Waals surface area contributed by atoms with Crippen molar-refractivity contribution < 1.29 is 18.4 Å². The van der Waals surface area contributed by atoms with Crippen molar-refractivity contribution in [1.82, 2.24) is 0 Å². The largest absolute Gasteiger partial charge is 0.427 e. The molecule has 0 aliphatic rings. The number of nitro groups is 1. The Bertz CT molecular complexity index is 394. The number of benzene rings is 1. The highest BCUT2D eigenvalue weighted by atomic mass is 19.3.